The molecule has 31 heavy (non-hydrogen) atoms. The monoisotopic (exact) mass is 436 g/mol. The first-order chi connectivity index (χ1) is 14.6. The molecule has 2 aliphatic rings. The molecule has 0 bridgehead atoms. The normalized spacial score (nSPS) is 31.3. The summed E-state index contributed by atoms with van der Waals surface area (Å²) in [6, 6.07) is 0. The van der Waals surface area contributed by atoms with Gasteiger partial charge >= 0.3 is 17.9 Å². The standard InChI is InChI=1S/C22H28O9/c1-11(6-7-23)21(25)29-18-9-13(3)17(31-27)10-16(28-15(5)24)12(2)8-19-20(18)14(4)22(26)30-19/h6,8,16-20,23,27H,3-4,7,9-10H2,1-2,5H3/b11-6+,12-8-/t16?,17-,18?,19-,20-/m1/s1. The fraction of sp³-hybridized carbons (Fsp3) is 0.500. The molecule has 1 fully saturated rings. The van der Waals surface area contributed by atoms with Crippen molar-refractivity contribution in [2.45, 2.75) is 58.0 Å². The van der Waals surface area contributed by atoms with Crippen LogP contribution in [0.4, 0.5) is 0 Å². The molecule has 9 nitrogen and oxygen atoms in total. The minimum absolute atomic E-state index is 0.0277. The van der Waals surface area contributed by atoms with Gasteiger partial charge in [0.1, 0.15) is 24.4 Å². The third-order valence-corrected chi connectivity index (χ3v) is 5.36. The minimum atomic E-state index is -0.925. The molecule has 0 aromatic heterocycles. The van der Waals surface area contributed by atoms with Crippen LogP contribution < -0.4 is 0 Å². The largest absolute Gasteiger partial charge is 0.458 e. The number of carbonyl (C=O) groups is 3. The zero-order chi connectivity index (χ0) is 23.3. The van der Waals surface area contributed by atoms with Gasteiger partial charge < -0.3 is 19.3 Å². The first-order valence-electron chi connectivity index (χ1n) is 9.80. The molecule has 1 saturated heterocycles. The highest BCUT2D eigenvalue weighted by Crippen LogP contribution is 2.38. The lowest BCUT2D eigenvalue weighted by Gasteiger charge is -2.31. The zero-order valence-electron chi connectivity index (χ0n) is 17.8. The lowest BCUT2D eigenvalue weighted by atomic mass is 9.83. The number of ether oxygens (including phenoxy) is 3. The fourth-order valence-corrected chi connectivity index (χ4v) is 3.64. The van der Waals surface area contributed by atoms with Crippen molar-refractivity contribution >= 4 is 17.9 Å². The van der Waals surface area contributed by atoms with Crippen LogP contribution in [0.25, 0.3) is 0 Å². The third kappa shape index (κ3) is 5.90. The number of hydrogen-bond donors (Lipinski definition) is 2. The van der Waals surface area contributed by atoms with Gasteiger partial charge in [0, 0.05) is 30.9 Å². The summed E-state index contributed by atoms with van der Waals surface area (Å²) in [5, 5.41) is 18.5. The van der Waals surface area contributed by atoms with Crippen LogP contribution in [0.2, 0.25) is 0 Å². The van der Waals surface area contributed by atoms with Crippen LogP contribution in [0.15, 0.2) is 47.6 Å². The number of carbonyl (C=O) groups excluding carboxylic acids is 3. The molecule has 0 aromatic rings. The number of esters is 3. The van der Waals surface area contributed by atoms with E-state index in [0.717, 1.165) is 0 Å². The van der Waals surface area contributed by atoms with Crippen molar-refractivity contribution in [1.29, 1.82) is 0 Å². The van der Waals surface area contributed by atoms with Crippen molar-refractivity contribution in [2.24, 2.45) is 5.92 Å². The summed E-state index contributed by atoms with van der Waals surface area (Å²) in [6.07, 6.45) is -0.385. The molecule has 2 N–H and O–H groups in total. The highest BCUT2D eigenvalue weighted by atomic mass is 17.1. The third-order valence-electron chi connectivity index (χ3n) is 5.36. The Morgan fingerprint density at radius 1 is 1.26 bits per heavy atom. The van der Waals surface area contributed by atoms with Crippen LogP contribution in [0.1, 0.15) is 33.6 Å². The van der Waals surface area contributed by atoms with Crippen LogP contribution >= 0.6 is 0 Å². The molecule has 1 heterocycles. The molecule has 0 amide bonds. The summed E-state index contributed by atoms with van der Waals surface area (Å²) in [7, 11) is 0. The Labute approximate surface area is 180 Å². The number of fused-ring (bicyclic) bond motifs is 1. The van der Waals surface area contributed by atoms with E-state index in [1.807, 2.05) is 0 Å². The Hall–Kier alpha value is -2.75. The van der Waals surface area contributed by atoms with Crippen LogP contribution in [0.5, 0.6) is 0 Å². The van der Waals surface area contributed by atoms with Crippen molar-refractivity contribution in [3.05, 3.63) is 47.6 Å². The zero-order valence-corrected chi connectivity index (χ0v) is 17.8. The second-order valence-electron chi connectivity index (χ2n) is 7.64. The number of hydrogen-bond acceptors (Lipinski definition) is 9. The molecular formula is C22H28O9. The summed E-state index contributed by atoms with van der Waals surface area (Å²) < 4.78 is 16.4. The maximum absolute atomic E-state index is 12.5. The summed E-state index contributed by atoms with van der Waals surface area (Å²) in [5.41, 5.74) is 1.23. The summed E-state index contributed by atoms with van der Waals surface area (Å²) in [4.78, 5) is 40.9. The molecule has 0 saturated carbocycles. The van der Waals surface area contributed by atoms with E-state index >= 15 is 0 Å². The number of aliphatic hydroxyl groups is 1. The Morgan fingerprint density at radius 2 is 1.94 bits per heavy atom. The molecule has 170 valence electrons. The van der Waals surface area contributed by atoms with Crippen LogP contribution in [-0.2, 0) is 33.5 Å². The first kappa shape index (κ1) is 24.5. The van der Waals surface area contributed by atoms with E-state index in [2.05, 4.69) is 18.0 Å². The van der Waals surface area contributed by atoms with E-state index in [4.69, 9.17) is 19.3 Å². The summed E-state index contributed by atoms with van der Waals surface area (Å²) in [6.45, 7) is 11.8. The van der Waals surface area contributed by atoms with Crippen LogP contribution in [0.3, 0.4) is 0 Å². The van der Waals surface area contributed by atoms with Gasteiger partial charge in [-0.05, 0) is 37.1 Å². The smallest absolute Gasteiger partial charge is 0.334 e. The fourth-order valence-electron chi connectivity index (χ4n) is 3.64. The highest BCUT2D eigenvalue weighted by Gasteiger charge is 2.46. The average Bonchev–Trinajstić information content (AvgIpc) is 2.96. The molecule has 9 heteroatoms. The molecule has 0 radical (unpaired) electrons. The van der Waals surface area contributed by atoms with Crippen molar-refractivity contribution in [3.63, 3.8) is 0 Å². The average molecular weight is 436 g/mol. The quantitative estimate of drug-likeness (QED) is 0.166. The van der Waals surface area contributed by atoms with E-state index in [9.17, 15) is 19.6 Å². The van der Waals surface area contributed by atoms with E-state index in [0.29, 0.717) is 11.1 Å². The Morgan fingerprint density at radius 3 is 2.52 bits per heavy atom. The molecule has 1 aliphatic carbocycles. The van der Waals surface area contributed by atoms with Crippen molar-refractivity contribution in [1.82, 2.24) is 0 Å². The predicted octanol–water partition coefficient (Wildman–Crippen LogP) is 2.02. The minimum Gasteiger partial charge on any atom is -0.458 e. The van der Waals surface area contributed by atoms with Crippen molar-refractivity contribution in [2.75, 3.05) is 6.61 Å². The molecular weight excluding hydrogens is 408 g/mol. The van der Waals surface area contributed by atoms with Gasteiger partial charge in [0.2, 0.25) is 0 Å². The maximum Gasteiger partial charge on any atom is 0.334 e. The van der Waals surface area contributed by atoms with E-state index in [-0.39, 0.29) is 30.6 Å². The van der Waals surface area contributed by atoms with Gasteiger partial charge in [0.15, 0.2) is 0 Å². The topological polar surface area (TPSA) is 129 Å². The second kappa shape index (κ2) is 10.5. The highest BCUT2D eigenvalue weighted by molar-refractivity contribution is 5.92. The van der Waals surface area contributed by atoms with Gasteiger partial charge in [-0.15, -0.1) is 0 Å². The number of rotatable bonds is 5. The molecule has 0 spiro atoms. The molecule has 2 unspecified atom stereocenters. The maximum atomic E-state index is 12.5. The van der Waals surface area contributed by atoms with E-state index < -0.39 is 48.2 Å². The Bertz CT molecular complexity index is 823. The molecule has 5 atom stereocenters. The number of aliphatic hydroxyl groups excluding tert-OH is 1. The van der Waals surface area contributed by atoms with Crippen molar-refractivity contribution < 1.29 is 43.8 Å². The van der Waals surface area contributed by atoms with E-state index in [1.165, 1.54) is 19.9 Å². The molecule has 1 aliphatic heterocycles. The van der Waals surface area contributed by atoms with Crippen molar-refractivity contribution in [3.8, 4) is 0 Å². The van der Waals surface area contributed by atoms with Gasteiger partial charge in [-0.3, -0.25) is 10.1 Å². The molecule has 0 aromatic carbocycles. The summed E-state index contributed by atoms with van der Waals surface area (Å²) in [5.74, 6) is -2.58. The Kier molecular flexibility index (Phi) is 8.32. The lowest BCUT2D eigenvalue weighted by Crippen LogP contribution is -2.37. The summed E-state index contributed by atoms with van der Waals surface area (Å²) >= 11 is 0. The second-order valence-corrected chi connectivity index (χ2v) is 7.64. The first-order valence-corrected chi connectivity index (χ1v) is 9.80. The SMILES string of the molecule is C=C1C(=O)O[C@@H]2/C=C(/C)C(OC(C)=O)C[C@@H](OO)C(=C)CC(OC(=O)/C(C)=C/CO)[C@@H]12. The lowest BCUT2D eigenvalue weighted by molar-refractivity contribution is -0.273. The Balaban J connectivity index is 2.49. The van der Waals surface area contributed by atoms with Crippen LogP contribution in [0, 0.1) is 5.92 Å². The predicted molar refractivity (Wildman–Crippen MR) is 108 cm³/mol. The molecule has 2 rings (SSSR count). The van der Waals surface area contributed by atoms with E-state index in [1.54, 1.807) is 13.0 Å². The van der Waals surface area contributed by atoms with Gasteiger partial charge in [0.25, 0.3) is 0 Å². The van der Waals surface area contributed by atoms with Gasteiger partial charge in [0.05, 0.1) is 12.5 Å². The van der Waals surface area contributed by atoms with Crippen LogP contribution in [-0.4, -0.2) is 59.3 Å². The van der Waals surface area contributed by atoms with Gasteiger partial charge in [-0.1, -0.05) is 13.2 Å². The van der Waals surface area contributed by atoms with Gasteiger partial charge in [-0.2, -0.15) is 0 Å². The van der Waals surface area contributed by atoms with Gasteiger partial charge in [-0.25, -0.2) is 14.5 Å².